The van der Waals surface area contributed by atoms with E-state index in [1.54, 1.807) is 0 Å². The summed E-state index contributed by atoms with van der Waals surface area (Å²) in [6, 6.07) is 2.16. The molecule has 5 nitrogen and oxygen atoms in total. The average molecular weight is 433 g/mol. The molecule has 0 aromatic heterocycles. The van der Waals surface area contributed by atoms with Gasteiger partial charge in [0.1, 0.15) is 0 Å². The molecule has 0 amide bonds. The Kier molecular flexibility index (Phi) is 7.88. The van der Waals surface area contributed by atoms with Crippen molar-refractivity contribution in [2.45, 2.75) is 94.9 Å². The van der Waals surface area contributed by atoms with Crippen molar-refractivity contribution in [1.82, 2.24) is 20.0 Å². The summed E-state index contributed by atoms with van der Waals surface area (Å²) in [5, 5.41) is 3.92. The van der Waals surface area contributed by atoms with E-state index in [1.165, 1.54) is 123 Å². The van der Waals surface area contributed by atoms with Crippen molar-refractivity contribution < 1.29 is 4.74 Å². The molecule has 5 aliphatic rings. The van der Waals surface area contributed by atoms with Crippen molar-refractivity contribution >= 4 is 0 Å². The Morgan fingerprint density at radius 1 is 0.742 bits per heavy atom. The first-order chi connectivity index (χ1) is 15.3. The quantitative estimate of drug-likeness (QED) is 0.721. The van der Waals surface area contributed by atoms with Crippen LogP contribution in [0, 0.1) is 11.8 Å². The molecule has 0 aromatic carbocycles. The first kappa shape index (κ1) is 22.6. The van der Waals surface area contributed by atoms with Gasteiger partial charge in [-0.2, -0.15) is 0 Å². The second kappa shape index (κ2) is 10.8. The van der Waals surface area contributed by atoms with Crippen molar-refractivity contribution in [2.24, 2.45) is 11.8 Å². The van der Waals surface area contributed by atoms with Crippen molar-refractivity contribution in [3.05, 3.63) is 0 Å². The van der Waals surface area contributed by atoms with Gasteiger partial charge >= 0.3 is 0 Å². The predicted octanol–water partition coefficient (Wildman–Crippen LogP) is 3.19. The molecule has 5 heteroatoms. The molecule has 5 rings (SSSR count). The van der Waals surface area contributed by atoms with Crippen molar-refractivity contribution in [2.75, 3.05) is 59.5 Å². The average Bonchev–Trinajstić information content (AvgIpc) is 3.26. The number of likely N-dealkylation sites (tertiary alicyclic amines) is 1. The molecule has 2 saturated carbocycles. The van der Waals surface area contributed by atoms with E-state index < -0.39 is 0 Å². The van der Waals surface area contributed by atoms with Gasteiger partial charge < -0.3 is 19.9 Å². The van der Waals surface area contributed by atoms with Crippen molar-refractivity contribution in [3.63, 3.8) is 0 Å². The normalized spacial score (nSPS) is 38.2. The minimum Gasteiger partial charge on any atom is -0.380 e. The van der Waals surface area contributed by atoms with E-state index in [9.17, 15) is 0 Å². The Labute approximate surface area is 191 Å². The molecule has 178 valence electrons. The molecule has 0 radical (unpaired) electrons. The summed E-state index contributed by atoms with van der Waals surface area (Å²) >= 11 is 0. The van der Waals surface area contributed by atoms with E-state index in [0.717, 1.165) is 17.9 Å². The maximum atomic E-state index is 6.05. The number of fused-ring (bicyclic) bond motifs is 1. The fraction of sp³-hybridized carbons (Fsp3) is 1.00. The van der Waals surface area contributed by atoms with Crippen LogP contribution in [0.4, 0.5) is 0 Å². The highest BCUT2D eigenvalue weighted by molar-refractivity contribution is 5.01. The number of nitrogens with one attached hydrogen (secondary N) is 1. The Morgan fingerprint density at radius 2 is 1.58 bits per heavy atom. The molecule has 0 spiro atoms. The summed E-state index contributed by atoms with van der Waals surface area (Å²) < 4.78 is 6.05. The van der Waals surface area contributed by atoms with Crippen LogP contribution in [0.1, 0.15) is 70.6 Å². The molecular weight excluding hydrogens is 384 g/mol. The van der Waals surface area contributed by atoms with Crippen LogP contribution in [0.3, 0.4) is 0 Å². The summed E-state index contributed by atoms with van der Waals surface area (Å²) in [5.41, 5.74) is 0. The Hall–Kier alpha value is -0.200. The minimum absolute atomic E-state index is 0.415. The second-order valence-electron chi connectivity index (χ2n) is 11.3. The molecule has 3 heterocycles. The molecule has 4 unspecified atom stereocenters. The maximum Gasteiger partial charge on any atom is 0.0741 e. The first-order valence-corrected chi connectivity index (χ1v) is 13.8. The van der Waals surface area contributed by atoms with E-state index >= 15 is 0 Å². The lowest BCUT2D eigenvalue weighted by atomic mass is 9.74. The number of piperidine rings is 2. The van der Waals surface area contributed by atoms with Gasteiger partial charge in [0.05, 0.1) is 12.1 Å². The van der Waals surface area contributed by atoms with Gasteiger partial charge in [-0.15, -0.1) is 0 Å². The van der Waals surface area contributed by atoms with Gasteiger partial charge in [-0.25, -0.2) is 0 Å². The van der Waals surface area contributed by atoms with Crippen molar-refractivity contribution in [1.29, 1.82) is 0 Å². The number of hydrogen-bond donors (Lipinski definition) is 1. The topological polar surface area (TPSA) is 31.0 Å². The number of hydrogen-bond acceptors (Lipinski definition) is 5. The van der Waals surface area contributed by atoms with Crippen LogP contribution in [-0.4, -0.2) is 98.4 Å². The van der Waals surface area contributed by atoms with Gasteiger partial charge in [0.15, 0.2) is 0 Å². The summed E-state index contributed by atoms with van der Waals surface area (Å²) in [5.74, 6) is 1.80. The monoisotopic (exact) mass is 432 g/mol. The zero-order valence-electron chi connectivity index (χ0n) is 20.1. The molecule has 1 N–H and O–H groups in total. The third-order valence-electron chi connectivity index (χ3n) is 9.56. The highest BCUT2D eigenvalue weighted by Gasteiger charge is 2.43. The number of nitrogens with zero attached hydrogens (tertiary/aromatic N) is 3. The molecular formula is C26H48N4O. The summed E-state index contributed by atoms with van der Waals surface area (Å²) in [6.07, 6.45) is 15.9. The standard InChI is InChI=1S/C26H48N4O/c1-31-24-10-9-22-6-4-13-27-25(22)26(24)30-15-5-14-28(18-19-30)20-21-11-16-29(17-12-21)23-7-2-3-8-23/h21-27H,2-20H2,1H3. The van der Waals surface area contributed by atoms with Crippen LogP contribution in [-0.2, 0) is 4.74 Å². The van der Waals surface area contributed by atoms with Crippen LogP contribution in [0.25, 0.3) is 0 Å². The molecule has 4 atom stereocenters. The fourth-order valence-electron chi connectivity index (χ4n) is 7.81. The third kappa shape index (κ3) is 5.32. The van der Waals surface area contributed by atoms with E-state index in [1.807, 2.05) is 7.11 Å². The smallest absolute Gasteiger partial charge is 0.0741 e. The predicted molar refractivity (Wildman–Crippen MR) is 128 cm³/mol. The largest absolute Gasteiger partial charge is 0.380 e. The highest BCUT2D eigenvalue weighted by atomic mass is 16.5. The van der Waals surface area contributed by atoms with Crippen LogP contribution in [0.15, 0.2) is 0 Å². The highest BCUT2D eigenvalue weighted by Crippen LogP contribution is 2.35. The molecule has 3 saturated heterocycles. The van der Waals surface area contributed by atoms with Gasteiger partial charge in [0.25, 0.3) is 0 Å². The summed E-state index contributed by atoms with van der Waals surface area (Å²) in [6.45, 7) is 10.3. The molecule has 3 aliphatic heterocycles. The maximum absolute atomic E-state index is 6.05. The van der Waals surface area contributed by atoms with Crippen LogP contribution in [0.5, 0.6) is 0 Å². The fourth-order valence-corrected chi connectivity index (χ4v) is 7.81. The Bertz CT molecular complexity index is 546. The van der Waals surface area contributed by atoms with E-state index in [-0.39, 0.29) is 0 Å². The number of rotatable bonds is 5. The Morgan fingerprint density at radius 3 is 2.39 bits per heavy atom. The van der Waals surface area contributed by atoms with Crippen molar-refractivity contribution in [3.8, 4) is 0 Å². The molecule has 0 bridgehead atoms. The molecule has 31 heavy (non-hydrogen) atoms. The molecule has 0 aromatic rings. The number of ether oxygens (including phenoxy) is 1. The van der Waals surface area contributed by atoms with E-state index in [2.05, 4.69) is 20.0 Å². The molecule has 2 aliphatic carbocycles. The number of methoxy groups -OCH3 is 1. The van der Waals surface area contributed by atoms with Gasteiger partial charge in [-0.3, -0.25) is 4.90 Å². The molecule has 5 fully saturated rings. The van der Waals surface area contributed by atoms with Gasteiger partial charge in [-0.1, -0.05) is 12.8 Å². The van der Waals surface area contributed by atoms with Gasteiger partial charge in [0, 0.05) is 38.8 Å². The van der Waals surface area contributed by atoms with Gasteiger partial charge in [0.2, 0.25) is 0 Å². The lowest BCUT2D eigenvalue weighted by Crippen LogP contribution is -2.63. The van der Waals surface area contributed by atoms with E-state index in [0.29, 0.717) is 18.2 Å². The Balaban J connectivity index is 1.12. The first-order valence-electron chi connectivity index (χ1n) is 13.8. The third-order valence-corrected chi connectivity index (χ3v) is 9.56. The minimum atomic E-state index is 0.415. The zero-order valence-corrected chi connectivity index (χ0v) is 20.1. The summed E-state index contributed by atoms with van der Waals surface area (Å²) in [7, 11) is 1.95. The zero-order chi connectivity index (χ0) is 21.0. The second-order valence-corrected chi connectivity index (χ2v) is 11.3. The summed E-state index contributed by atoms with van der Waals surface area (Å²) in [4.78, 5) is 8.47. The SMILES string of the molecule is COC1CCC2CCCNC2C1N1CCCN(CC2CCN(C3CCCC3)CC2)CC1. The van der Waals surface area contributed by atoms with Gasteiger partial charge in [-0.05, 0) is 102 Å². The van der Waals surface area contributed by atoms with Crippen LogP contribution >= 0.6 is 0 Å². The lowest BCUT2D eigenvalue weighted by molar-refractivity contribution is -0.0490. The van der Waals surface area contributed by atoms with E-state index in [4.69, 9.17) is 4.74 Å². The lowest BCUT2D eigenvalue weighted by Gasteiger charge is -2.49. The van der Waals surface area contributed by atoms with Crippen LogP contribution in [0.2, 0.25) is 0 Å². The van der Waals surface area contributed by atoms with Crippen LogP contribution < -0.4 is 5.32 Å².